The van der Waals surface area contributed by atoms with E-state index in [9.17, 15) is 0 Å². The molecule has 0 aliphatic rings. The first-order valence-corrected chi connectivity index (χ1v) is 7.23. The first-order chi connectivity index (χ1) is 7.55. The van der Waals surface area contributed by atoms with Crippen molar-refractivity contribution >= 4 is 0 Å². The molecule has 0 bridgehead atoms. The van der Waals surface area contributed by atoms with Crippen LogP contribution in [0, 0.1) is 11.3 Å². The quantitative estimate of drug-likeness (QED) is 0.334. The van der Waals surface area contributed by atoms with Crippen LogP contribution in [0.15, 0.2) is 12.2 Å². The fraction of sp³-hybridized carbons (Fsp3) is 0.875. The van der Waals surface area contributed by atoms with E-state index in [0.29, 0.717) is 5.41 Å². The summed E-state index contributed by atoms with van der Waals surface area (Å²) in [5, 5.41) is 0. The number of hydrogen-bond donors (Lipinski definition) is 0. The summed E-state index contributed by atoms with van der Waals surface area (Å²) in [5.74, 6) is 0.969. The Balaban J connectivity index is 3.53. The minimum atomic E-state index is 0.398. The average molecular weight is 224 g/mol. The van der Waals surface area contributed by atoms with Crippen molar-refractivity contribution in [2.75, 3.05) is 0 Å². The third-order valence-corrected chi connectivity index (χ3v) is 3.87. The number of rotatable bonds is 9. The summed E-state index contributed by atoms with van der Waals surface area (Å²) in [4.78, 5) is 0. The molecule has 0 amide bonds. The molecule has 0 aliphatic carbocycles. The molecule has 96 valence electrons. The van der Waals surface area contributed by atoms with E-state index in [1.807, 2.05) is 0 Å². The van der Waals surface area contributed by atoms with Crippen molar-refractivity contribution in [1.29, 1.82) is 0 Å². The Morgan fingerprint density at radius 3 is 2.12 bits per heavy atom. The zero-order valence-corrected chi connectivity index (χ0v) is 12.2. The first kappa shape index (κ1) is 15.7. The minimum Gasteiger partial charge on any atom is -0.0880 e. The maximum absolute atomic E-state index is 2.39. The zero-order chi connectivity index (χ0) is 12.4. The van der Waals surface area contributed by atoms with Crippen LogP contribution in [0.2, 0.25) is 0 Å². The molecule has 0 nitrogen and oxygen atoms in total. The molecule has 0 aromatic carbocycles. The van der Waals surface area contributed by atoms with E-state index in [1.165, 1.54) is 44.9 Å². The maximum atomic E-state index is 2.39. The molecule has 16 heavy (non-hydrogen) atoms. The Hall–Kier alpha value is -0.260. The standard InChI is InChI=1S/C16H32/c1-6-15(7-2)13-11-9-10-12-14-16(4,5)8-3/h12,14-15H,6-11,13H2,1-5H3. The predicted octanol–water partition coefficient (Wildman–Crippen LogP) is 5.98. The van der Waals surface area contributed by atoms with Gasteiger partial charge in [0.1, 0.15) is 0 Å². The van der Waals surface area contributed by atoms with E-state index < -0.39 is 0 Å². The topological polar surface area (TPSA) is 0 Å². The summed E-state index contributed by atoms with van der Waals surface area (Å²) in [6, 6.07) is 0. The Morgan fingerprint density at radius 1 is 1.00 bits per heavy atom. The first-order valence-electron chi connectivity index (χ1n) is 7.23. The second-order valence-electron chi connectivity index (χ2n) is 5.71. The van der Waals surface area contributed by atoms with Crippen molar-refractivity contribution in [1.82, 2.24) is 0 Å². The average Bonchev–Trinajstić information content (AvgIpc) is 2.28. The van der Waals surface area contributed by atoms with Crippen LogP contribution < -0.4 is 0 Å². The maximum Gasteiger partial charge on any atom is -0.0177 e. The smallest absolute Gasteiger partial charge is 0.0177 e. The highest BCUT2D eigenvalue weighted by Crippen LogP contribution is 2.22. The van der Waals surface area contributed by atoms with Gasteiger partial charge in [0.25, 0.3) is 0 Å². The summed E-state index contributed by atoms with van der Waals surface area (Å²) >= 11 is 0. The Morgan fingerprint density at radius 2 is 1.62 bits per heavy atom. The van der Waals surface area contributed by atoms with Crippen LogP contribution in [0.5, 0.6) is 0 Å². The predicted molar refractivity (Wildman–Crippen MR) is 75.8 cm³/mol. The lowest BCUT2D eigenvalue weighted by Crippen LogP contribution is -2.03. The fourth-order valence-electron chi connectivity index (χ4n) is 1.91. The van der Waals surface area contributed by atoms with Crippen LogP contribution in [-0.4, -0.2) is 0 Å². The van der Waals surface area contributed by atoms with Crippen LogP contribution >= 0.6 is 0 Å². The normalized spacial score (nSPS) is 12.9. The van der Waals surface area contributed by atoms with Gasteiger partial charge in [0.2, 0.25) is 0 Å². The van der Waals surface area contributed by atoms with Crippen molar-refractivity contribution < 1.29 is 0 Å². The third kappa shape index (κ3) is 7.96. The van der Waals surface area contributed by atoms with E-state index in [0.717, 1.165) is 5.92 Å². The molecule has 0 radical (unpaired) electrons. The van der Waals surface area contributed by atoms with Crippen LogP contribution in [0.3, 0.4) is 0 Å². The van der Waals surface area contributed by atoms with Gasteiger partial charge >= 0.3 is 0 Å². The van der Waals surface area contributed by atoms with Crippen LogP contribution in [0.4, 0.5) is 0 Å². The molecule has 0 aliphatic heterocycles. The van der Waals surface area contributed by atoms with Crippen molar-refractivity contribution in [2.45, 2.75) is 79.6 Å². The molecule has 0 N–H and O–H groups in total. The van der Waals surface area contributed by atoms with Crippen molar-refractivity contribution in [2.24, 2.45) is 11.3 Å². The molecular weight excluding hydrogens is 192 g/mol. The molecule has 0 heterocycles. The summed E-state index contributed by atoms with van der Waals surface area (Å²) in [6.07, 6.45) is 14.2. The monoisotopic (exact) mass is 224 g/mol. The van der Waals surface area contributed by atoms with Gasteiger partial charge in [0, 0.05) is 0 Å². The summed E-state index contributed by atoms with van der Waals surface area (Å²) in [5.41, 5.74) is 0.398. The molecule has 0 aromatic rings. The summed E-state index contributed by atoms with van der Waals surface area (Å²) in [6.45, 7) is 11.5. The molecule has 0 unspecified atom stereocenters. The number of unbranched alkanes of at least 4 members (excludes halogenated alkanes) is 2. The molecule has 0 rings (SSSR count). The van der Waals surface area contributed by atoms with Gasteiger partial charge in [-0.25, -0.2) is 0 Å². The lowest BCUT2D eigenvalue weighted by atomic mass is 9.89. The molecule has 0 aromatic heterocycles. The van der Waals surface area contributed by atoms with Crippen LogP contribution in [-0.2, 0) is 0 Å². The Bertz CT molecular complexity index is 172. The fourth-order valence-corrected chi connectivity index (χ4v) is 1.91. The van der Waals surface area contributed by atoms with Gasteiger partial charge in [0.15, 0.2) is 0 Å². The van der Waals surface area contributed by atoms with Crippen LogP contribution in [0.25, 0.3) is 0 Å². The van der Waals surface area contributed by atoms with E-state index >= 15 is 0 Å². The summed E-state index contributed by atoms with van der Waals surface area (Å²) in [7, 11) is 0. The molecule has 0 saturated carbocycles. The second-order valence-corrected chi connectivity index (χ2v) is 5.71. The van der Waals surface area contributed by atoms with Gasteiger partial charge in [-0.3, -0.25) is 0 Å². The zero-order valence-electron chi connectivity index (χ0n) is 12.2. The van der Waals surface area contributed by atoms with Crippen molar-refractivity contribution in [3.8, 4) is 0 Å². The number of hydrogen-bond acceptors (Lipinski definition) is 0. The minimum absolute atomic E-state index is 0.398. The largest absolute Gasteiger partial charge is 0.0880 e. The van der Waals surface area contributed by atoms with Gasteiger partial charge in [0.05, 0.1) is 0 Å². The Kier molecular flexibility index (Phi) is 8.70. The van der Waals surface area contributed by atoms with Crippen LogP contribution in [0.1, 0.15) is 79.6 Å². The molecule has 0 saturated heterocycles. The van der Waals surface area contributed by atoms with E-state index in [1.54, 1.807) is 0 Å². The van der Waals surface area contributed by atoms with E-state index in [-0.39, 0.29) is 0 Å². The van der Waals surface area contributed by atoms with Crippen molar-refractivity contribution in [3.05, 3.63) is 12.2 Å². The van der Waals surface area contributed by atoms with Gasteiger partial charge in [-0.1, -0.05) is 72.5 Å². The lowest BCUT2D eigenvalue weighted by molar-refractivity contribution is 0.433. The van der Waals surface area contributed by atoms with E-state index in [2.05, 4.69) is 46.8 Å². The highest BCUT2D eigenvalue weighted by atomic mass is 14.1. The van der Waals surface area contributed by atoms with Crippen molar-refractivity contribution in [3.63, 3.8) is 0 Å². The van der Waals surface area contributed by atoms with Gasteiger partial charge < -0.3 is 0 Å². The number of allylic oxidation sites excluding steroid dienone is 2. The highest BCUT2D eigenvalue weighted by Gasteiger charge is 2.08. The Labute approximate surface area is 104 Å². The van der Waals surface area contributed by atoms with E-state index in [4.69, 9.17) is 0 Å². The van der Waals surface area contributed by atoms with Gasteiger partial charge in [-0.15, -0.1) is 0 Å². The lowest BCUT2D eigenvalue weighted by Gasteiger charge is -2.16. The molecule has 0 heteroatoms. The second kappa shape index (κ2) is 8.84. The van der Waals surface area contributed by atoms with Gasteiger partial charge in [-0.05, 0) is 30.6 Å². The molecule has 0 atom stereocenters. The molecule has 0 fully saturated rings. The molecular formula is C16H32. The third-order valence-electron chi connectivity index (χ3n) is 3.87. The van der Waals surface area contributed by atoms with Gasteiger partial charge in [-0.2, -0.15) is 0 Å². The molecule has 0 spiro atoms. The summed E-state index contributed by atoms with van der Waals surface area (Å²) < 4.78 is 0. The highest BCUT2D eigenvalue weighted by molar-refractivity contribution is 4.93. The SMILES string of the molecule is CCC(CC)CCCCC=CC(C)(C)CC.